The summed E-state index contributed by atoms with van der Waals surface area (Å²) in [5, 5.41) is 1.19. The summed E-state index contributed by atoms with van der Waals surface area (Å²) in [7, 11) is 0. The normalized spacial score (nSPS) is 11.0. The summed E-state index contributed by atoms with van der Waals surface area (Å²) in [6.45, 7) is 0. The molecule has 0 amide bonds. The lowest BCUT2D eigenvalue weighted by molar-refractivity contribution is 0.631. The average molecular weight is 351 g/mol. The van der Waals surface area contributed by atoms with Crippen LogP contribution in [0.25, 0.3) is 33.3 Å². The molecule has 6 heteroatoms. The van der Waals surface area contributed by atoms with E-state index >= 15 is 0 Å². The largest absolute Gasteiger partial charge is 0.383 e. The Hall–Kier alpha value is -3.05. The number of anilines is 1. The molecule has 0 aliphatic carbocycles. The Balaban J connectivity index is 1.96. The maximum atomic E-state index is 14.3. The van der Waals surface area contributed by atoms with E-state index in [1.54, 1.807) is 18.3 Å². The van der Waals surface area contributed by atoms with Gasteiger partial charge in [-0.3, -0.25) is 4.98 Å². The molecule has 2 N–H and O–H groups in total. The molecule has 2 heterocycles. The number of hydrogen-bond acceptors (Lipinski definition) is 4. The van der Waals surface area contributed by atoms with Crippen molar-refractivity contribution >= 4 is 28.3 Å². The molecule has 122 valence electrons. The van der Waals surface area contributed by atoms with Crippen molar-refractivity contribution in [3.8, 4) is 22.4 Å². The molecule has 4 rings (SSSR count). The minimum Gasteiger partial charge on any atom is -0.383 e. The maximum absolute atomic E-state index is 14.3. The minimum absolute atomic E-state index is 0.348. The molecule has 4 aromatic rings. The van der Waals surface area contributed by atoms with Crippen LogP contribution in [0.5, 0.6) is 0 Å². The summed E-state index contributed by atoms with van der Waals surface area (Å²) in [6.07, 6.45) is 3.05. The first kappa shape index (κ1) is 15.5. The van der Waals surface area contributed by atoms with E-state index in [4.69, 9.17) is 17.3 Å². The fourth-order valence-electron chi connectivity index (χ4n) is 2.78. The van der Waals surface area contributed by atoms with Gasteiger partial charge >= 0.3 is 0 Å². The molecule has 2 aromatic carbocycles. The standard InChI is InChI=1S/C19H12ClFN4/c20-12-4-5-16(21)14(9-12)18-13(2-1-7-23-18)11-3-6-17-15(8-11)19(22)25-10-24-17/h1-10H,(H2,22,24,25). The number of nitrogens with zero attached hydrogens (tertiary/aromatic N) is 3. The highest BCUT2D eigenvalue weighted by Gasteiger charge is 2.14. The molecule has 0 fully saturated rings. The molecule has 0 aliphatic rings. The quantitative estimate of drug-likeness (QED) is 0.567. The highest BCUT2D eigenvalue weighted by atomic mass is 35.5. The maximum Gasteiger partial charge on any atom is 0.134 e. The highest BCUT2D eigenvalue weighted by Crippen LogP contribution is 2.34. The first-order valence-electron chi connectivity index (χ1n) is 7.54. The zero-order valence-electron chi connectivity index (χ0n) is 12.9. The van der Waals surface area contributed by atoms with Crippen molar-refractivity contribution in [2.75, 3.05) is 5.73 Å². The zero-order chi connectivity index (χ0) is 17.4. The van der Waals surface area contributed by atoms with E-state index in [1.807, 2.05) is 24.3 Å². The molecule has 0 radical (unpaired) electrons. The Morgan fingerprint density at radius 1 is 0.920 bits per heavy atom. The first-order valence-corrected chi connectivity index (χ1v) is 7.92. The monoisotopic (exact) mass is 350 g/mol. The van der Waals surface area contributed by atoms with Crippen molar-refractivity contribution in [2.24, 2.45) is 0 Å². The molecule has 0 aliphatic heterocycles. The summed E-state index contributed by atoms with van der Waals surface area (Å²) in [5.74, 6) is 0.0132. The number of rotatable bonds is 2. The second kappa shape index (κ2) is 6.11. The van der Waals surface area contributed by atoms with E-state index in [-0.39, 0.29) is 5.82 Å². The van der Waals surface area contributed by atoms with E-state index in [2.05, 4.69) is 15.0 Å². The van der Waals surface area contributed by atoms with Crippen LogP contribution >= 0.6 is 11.6 Å². The van der Waals surface area contributed by atoms with E-state index in [0.717, 1.165) is 22.0 Å². The van der Waals surface area contributed by atoms with Crippen molar-refractivity contribution in [1.29, 1.82) is 0 Å². The average Bonchev–Trinajstić information content (AvgIpc) is 2.64. The number of halogens is 2. The van der Waals surface area contributed by atoms with Crippen LogP contribution < -0.4 is 5.73 Å². The van der Waals surface area contributed by atoms with Crippen LogP contribution in [0.4, 0.5) is 10.2 Å². The number of aromatic nitrogens is 3. The number of fused-ring (bicyclic) bond motifs is 1. The van der Waals surface area contributed by atoms with Crippen molar-refractivity contribution < 1.29 is 4.39 Å². The van der Waals surface area contributed by atoms with Gasteiger partial charge in [-0.05, 0) is 42.0 Å². The minimum atomic E-state index is -0.381. The lowest BCUT2D eigenvalue weighted by Gasteiger charge is -2.11. The number of benzene rings is 2. The Morgan fingerprint density at radius 2 is 1.80 bits per heavy atom. The van der Waals surface area contributed by atoms with Crippen LogP contribution in [-0.4, -0.2) is 15.0 Å². The van der Waals surface area contributed by atoms with Crippen molar-refractivity contribution in [1.82, 2.24) is 15.0 Å². The fourth-order valence-corrected chi connectivity index (χ4v) is 2.95. The van der Waals surface area contributed by atoms with Gasteiger partial charge in [0, 0.05) is 27.7 Å². The summed E-state index contributed by atoms with van der Waals surface area (Å²) in [5.41, 5.74) is 9.17. The van der Waals surface area contributed by atoms with Gasteiger partial charge in [0.05, 0.1) is 11.2 Å². The van der Waals surface area contributed by atoms with Gasteiger partial charge in [-0.1, -0.05) is 23.7 Å². The van der Waals surface area contributed by atoms with Crippen molar-refractivity contribution in [3.63, 3.8) is 0 Å². The van der Waals surface area contributed by atoms with Gasteiger partial charge in [0.1, 0.15) is 18.0 Å². The molecular weight excluding hydrogens is 339 g/mol. The van der Waals surface area contributed by atoms with Gasteiger partial charge < -0.3 is 5.73 Å². The van der Waals surface area contributed by atoms with Gasteiger partial charge in [-0.15, -0.1) is 0 Å². The fraction of sp³-hybridized carbons (Fsp3) is 0. The second-order valence-electron chi connectivity index (χ2n) is 5.51. The predicted molar refractivity (Wildman–Crippen MR) is 97.6 cm³/mol. The Bertz CT molecular complexity index is 1100. The van der Waals surface area contributed by atoms with Crippen LogP contribution in [0.15, 0.2) is 61.1 Å². The van der Waals surface area contributed by atoms with Crippen LogP contribution in [0.3, 0.4) is 0 Å². The zero-order valence-corrected chi connectivity index (χ0v) is 13.7. The van der Waals surface area contributed by atoms with Crippen LogP contribution in [0.1, 0.15) is 0 Å². The summed E-state index contributed by atoms with van der Waals surface area (Å²) < 4.78 is 14.3. The number of pyridine rings is 1. The number of hydrogen-bond donors (Lipinski definition) is 1. The Labute approximate surface area is 148 Å². The van der Waals surface area contributed by atoms with Gasteiger partial charge in [-0.2, -0.15) is 0 Å². The molecule has 0 saturated carbocycles. The van der Waals surface area contributed by atoms with E-state index in [0.29, 0.717) is 22.1 Å². The lowest BCUT2D eigenvalue weighted by atomic mass is 9.98. The first-order chi connectivity index (χ1) is 12.1. The molecule has 0 unspecified atom stereocenters. The molecule has 0 saturated heterocycles. The topological polar surface area (TPSA) is 64.7 Å². The van der Waals surface area contributed by atoms with Crippen molar-refractivity contribution in [2.45, 2.75) is 0 Å². The molecule has 2 aromatic heterocycles. The third kappa shape index (κ3) is 2.79. The molecule has 25 heavy (non-hydrogen) atoms. The molecular formula is C19H12ClFN4. The summed E-state index contributed by atoms with van der Waals surface area (Å²) in [6, 6.07) is 13.7. The lowest BCUT2D eigenvalue weighted by Crippen LogP contribution is -1.95. The van der Waals surface area contributed by atoms with Crippen molar-refractivity contribution in [3.05, 3.63) is 71.9 Å². The number of nitrogen functional groups attached to an aromatic ring is 1. The molecule has 4 nitrogen and oxygen atoms in total. The number of nitrogens with two attached hydrogens (primary N) is 1. The van der Waals surface area contributed by atoms with Crippen LogP contribution in [0, 0.1) is 5.82 Å². The second-order valence-corrected chi connectivity index (χ2v) is 5.95. The third-order valence-electron chi connectivity index (χ3n) is 3.97. The van der Waals surface area contributed by atoms with E-state index in [1.165, 1.54) is 18.5 Å². The summed E-state index contributed by atoms with van der Waals surface area (Å²) >= 11 is 6.04. The van der Waals surface area contributed by atoms with Gasteiger partial charge in [-0.25, -0.2) is 14.4 Å². The smallest absolute Gasteiger partial charge is 0.134 e. The molecule has 0 atom stereocenters. The van der Waals surface area contributed by atoms with E-state index < -0.39 is 0 Å². The van der Waals surface area contributed by atoms with Crippen LogP contribution in [-0.2, 0) is 0 Å². The molecule has 0 bridgehead atoms. The highest BCUT2D eigenvalue weighted by molar-refractivity contribution is 6.30. The summed E-state index contributed by atoms with van der Waals surface area (Å²) in [4.78, 5) is 12.6. The Kier molecular flexibility index (Phi) is 3.78. The van der Waals surface area contributed by atoms with Crippen LogP contribution in [0.2, 0.25) is 5.02 Å². The Morgan fingerprint density at radius 3 is 2.68 bits per heavy atom. The third-order valence-corrected chi connectivity index (χ3v) is 4.20. The van der Waals surface area contributed by atoms with Gasteiger partial charge in [0.2, 0.25) is 0 Å². The van der Waals surface area contributed by atoms with E-state index in [9.17, 15) is 4.39 Å². The molecule has 0 spiro atoms. The van der Waals surface area contributed by atoms with Gasteiger partial charge in [0.15, 0.2) is 0 Å². The van der Waals surface area contributed by atoms with Gasteiger partial charge in [0.25, 0.3) is 0 Å². The SMILES string of the molecule is Nc1ncnc2ccc(-c3cccnc3-c3cc(Cl)ccc3F)cc12. The predicted octanol–water partition coefficient (Wildman–Crippen LogP) is 4.73.